The van der Waals surface area contributed by atoms with E-state index in [9.17, 15) is 5.11 Å². The van der Waals surface area contributed by atoms with Gasteiger partial charge >= 0.3 is 0 Å². The van der Waals surface area contributed by atoms with Gasteiger partial charge in [-0.25, -0.2) is 0 Å². The number of aromatic hydroxyl groups is 1. The van der Waals surface area contributed by atoms with Crippen LogP contribution in [0.2, 0.25) is 0 Å². The van der Waals surface area contributed by atoms with Gasteiger partial charge in [0, 0.05) is 25.3 Å². The van der Waals surface area contributed by atoms with Crippen LogP contribution >= 0.6 is 0 Å². The Labute approximate surface area is 119 Å². The van der Waals surface area contributed by atoms with E-state index in [4.69, 9.17) is 4.74 Å². The SMILES string of the molecule is COc1cc(CNCc2ccnn2C(C)C)ccc1O. The fourth-order valence-corrected chi connectivity index (χ4v) is 2.11. The Morgan fingerprint density at radius 3 is 2.80 bits per heavy atom. The van der Waals surface area contributed by atoms with Crippen LogP contribution in [0.4, 0.5) is 0 Å². The van der Waals surface area contributed by atoms with Crippen molar-refractivity contribution < 1.29 is 9.84 Å². The lowest BCUT2D eigenvalue weighted by molar-refractivity contribution is 0.372. The zero-order valence-corrected chi connectivity index (χ0v) is 12.1. The second-order valence-corrected chi connectivity index (χ2v) is 4.97. The quantitative estimate of drug-likeness (QED) is 0.850. The summed E-state index contributed by atoms with van der Waals surface area (Å²) in [7, 11) is 1.55. The molecule has 20 heavy (non-hydrogen) atoms. The fraction of sp³-hybridized carbons (Fsp3) is 0.400. The molecule has 0 aliphatic carbocycles. The average Bonchev–Trinajstić information content (AvgIpc) is 2.89. The van der Waals surface area contributed by atoms with E-state index in [-0.39, 0.29) is 5.75 Å². The van der Waals surface area contributed by atoms with E-state index in [1.54, 1.807) is 13.2 Å². The number of nitrogens with zero attached hydrogens (tertiary/aromatic N) is 2. The molecule has 108 valence electrons. The molecule has 2 aromatic rings. The maximum absolute atomic E-state index is 9.55. The van der Waals surface area contributed by atoms with Crippen LogP contribution in [0.25, 0.3) is 0 Å². The lowest BCUT2D eigenvalue weighted by Crippen LogP contribution is -2.17. The van der Waals surface area contributed by atoms with E-state index in [1.807, 2.05) is 29.1 Å². The predicted molar refractivity (Wildman–Crippen MR) is 77.8 cm³/mol. The van der Waals surface area contributed by atoms with Gasteiger partial charge in [-0.15, -0.1) is 0 Å². The lowest BCUT2D eigenvalue weighted by Gasteiger charge is -2.12. The topological polar surface area (TPSA) is 59.3 Å². The van der Waals surface area contributed by atoms with Gasteiger partial charge < -0.3 is 15.2 Å². The van der Waals surface area contributed by atoms with Crippen LogP contribution < -0.4 is 10.1 Å². The highest BCUT2D eigenvalue weighted by Gasteiger charge is 2.06. The van der Waals surface area contributed by atoms with Crippen molar-refractivity contribution in [2.24, 2.45) is 0 Å². The minimum atomic E-state index is 0.161. The van der Waals surface area contributed by atoms with Gasteiger partial charge in [0.2, 0.25) is 0 Å². The van der Waals surface area contributed by atoms with Crippen molar-refractivity contribution in [3.63, 3.8) is 0 Å². The first-order valence-corrected chi connectivity index (χ1v) is 6.70. The van der Waals surface area contributed by atoms with E-state index < -0.39 is 0 Å². The Bertz CT molecular complexity index is 564. The van der Waals surface area contributed by atoms with Crippen molar-refractivity contribution >= 4 is 0 Å². The van der Waals surface area contributed by atoms with Crippen LogP contribution in [0.5, 0.6) is 11.5 Å². The molecule has 0 amide bonds. The third-order valence-corrected chi connectivity index (χ3v) is 3.12. The normalized spacial score (nSPS) is 11.0. The summed E-state index contributed by atoms with van der Waals surface area (Å²) in [6.07, 6.45) is 1.82. The lowest BCUT2D eigenvalue weighted by atomic mass is 10.2. The average molecular weight is 275 g/mol. The molecule has 0 bridgehead atoms. The van der Waals surface area contributed by atoms with E-state index >= 15 is 0 Å². The summed E-state index contributed by atoms with van der Waals surface area (Å²) in [5.74, 6) is 0.658. The first kappa shape index (κ1) is 14.4. The standard InChI is InChI=1S/C15H21N3O2/c1-11(2)18-13(6-7-17-18)10-16-9-12-4-5-14(19)15(8-12)20-3/h4-8,11,16,19H,9-10H2,1-3H3. The summed E-state index contributed by atoms with van der Waals surface area (Å²) in [5, 5.41) is 17.2. The molecule has 0 aliphatic rings. The summed E-state index contributed by atoms with van der Waals surface area (Å²) in [6, 6.07) is 7.74. The van der Waals surface area contributed by atoms with E-state index in [0.29, 0.717) is 18.3 Å². The predicted octanol–water partition coefficient (Wildman–Crippen LogP) is 2.47. The smallest absolute Gasteiger partial charge is 0.160 e. The molecule has 0 unspecified atom stereocenters. The minimum absolute atomic E-state index is 0.161. The van der Waals surface area contributed by atoms with E-state index in [1.165, 1.54) is 0 Å². The number of ether oxygens (including phenoxy) is 1. The summed E-state index contributed by atoms with van der Waals surface area (Å²) in [5.41, 5.74) is 2.22. The Balaban J connectivity index is 1.94. The Kier molecular flexibility index (Phi) is 4.63. The van der Waals surface area contributed by atoms with Gasteiger partial charge in [0.25, 0.3) is 0 Å². The molecule has 0 saturated heterocycles. The Hall–Kier alpha value is -2.01. The number of rotatable bonds is 6. The molecular weight excluding hydrogens is 254 g/mol. The number of hydrogen-bond acceptors (Lipinski definition) is 4. The Morgan fingerprint density at radius 1 is 1.30 bits per heavy atom. The third kappa shape index (κ3) is 3.30. The fourth-order valence-electron chi connectivity index (χ4n) is 2.11. The first-order chi connectivity index (χ1) is 9.61. The molecule has 0 spiro atoms. The van der Waals surface area contributed by atoms with Crippen LogP contribution in [0.1, 0.15) is 31.1 Å². The van der Waals surface area contributed by atoms with Gasteiger partial charge in [-0.3, -0.25) is 4.68 Å². The molecule has 1 heterocycles. The second kappa shape index (κ2) is 6.43. The van der Waals surface area contributed by atoms with Gasteiger partial charge in [-0.1, -0.05) is 6.07 Å². The van der Waals surface area contributed by atoms with Crippen molar-refractivity contribution in [1.29, 1.82) is 0 Å². The van der Waals surface area contributed by atoms with Crippen LogP contribution in [0.3, 0.4) is 0 Å². The van der Waals surface area contributed by atoms with Crippen molar-refractivity contribution in [1.82, 2.24) is 15.1 Å². The van der Waals surface area contributed by atoms with E-state index in [2.05, 4.69) is 24.3 Å². The number of phenols is 1. The summed E-state index contributed by atoms with van der Waals surface area (Å²) in [6.45, 7) is 5.68. The van der Waals surface area contributed by atoms with Gasteiger partial charge in [-0.2, -0.15) is 5.10 Å². The van der Waals surface area contributed by atoms with Crippen LogP contribution in [-0.4, -0.2) is 22.0 Å². The molecule has 0 radical (unpaired) electrons. The second-order valence-electron chi connectivity index (χ2n) is 4.97. The molecule has 0 atom stereocenters. The summed E-state index contributed by atoms with van der Waals surface area (Å²) < 4.78 is 7.10. The highest BCUT2D eigenvalue weighted by atomic mass is 16.5. The molecule has 0 aliphatic heterocycles. The van der Waals surface area contributed by atoms with Gasteiger partial charge in [0.05, 0.1) is 12.8 Å². The van der Waals surface area contributed by atoms with Gasteiger partial charge in [0.1, 0.15) is 0 Å². The van der Waals surface area contributed by atoms with Gasteiger partial charge in [0.15, 0.2) is 11.5 Å². The molecule has 2 rings (SSSR count). The number of nitrogens with one attached hydrogen (secondary N) is 1. The highest BCUT2D eigenvalue weighted by Crippen LogP contribution is 2.26. The van der Waals surface area contributed by atoms with Crippen molar-refractivity contribution in [3.8, 4) is 11.5 Å². The molecule has 2 N–H and O–H groups in total. The van der Waals surface area contributed by atoms with Gasteiger partial charge in [-0.05, 0) is 37.6 Å². The molecular formula is C15H21N3O2. The number of methoxy groups -OCH3 is 1. The summed E-state index contributed by atoms with van der Waals surface area (Å²) >= 11 is 0. The van der Waals surface area contributed by atoms with Crippen LogP contribution in [0.15, 0.2) is 30.5 Å². The number of phenolic OH excluding ortho intramolecular Hbond substituents is 1. The van der Waals surface area contributed by atoms with Crippen molar-refractivity contribution in [2.75, 3.05) is 7.11 Å². The molecule has 5 nitrogen and oxygen atoms in total. The monoisotopic (exact) mass is 275 g/mol. The van der Waals surface area contributed by atoms with Crippen LogP contribution in [-0.2, 0) is 13.1 Å². The van der Waals surface area contributed by atoms with Crippen molar-refractivity contribution in [2.45, 2.75) is 33.0 Å². The number of aromatic nitrogens is 2. The minimum Gasteiger partial charge on any atom is -0.504 e. The molecule has 0 saturated carbocycles. The third-order valence-electron chi connectivity index (χ3n) is 3.12. The Morgan fingerprint density at radius 2 is 2.10 bits per heavy atom. The summed E-state index contributed by atoms with van der Waals surface area (Å²) in [4.78, 5) is 0. The molecule has 0 fully saturated rings. The van der Waals surface area contributed by atoms with Crippen molar-refractivity contribution in [3.05, 3.63) is 41.7 Å². The largest absolute Gasteiger partial charge is 0.504 e. The van der Waals surface area contributed by atoms with E-state index in [0.717, 1.165) is 17.8 Å². The zero-order chi connectivity index (χ0) is 14.5. The first-order valence-electron chi connectivity index (χ1n) is 6.70. The highest BCUT2D eigenvalue weighted by molar-refractivity contribution is 5.41. The molecule has 1 aromatic carbocycles. The maximum atomic E-state index is 9.55. The molecule has 1 aromatic heterocycles. The zero-order valence-electron chi connectivity index (χ0n) is 12.1. The number of hydrogen-bond donors (Lipinski definition) is 2. The number of benzene rings is 1. The molecule has 5 heteroatoms. The van der Waals surface area contributed by atoms with Crippen LogP contribution in [0, 0.1) is 0 Å². The maximum Gasteiger partial charge on any atom is 0.160 e.